The average molecular weight is 336 g/mol. The minimum absolute atomic E-state index is 0.0274. The number of hydrogen-bond acceptors (Lipinski definition) is 3. The number of nitrogens with one attached hydrogen (secondary N) is 1. The Kier molecular flexibility index (Phi) is 4.23. The molecule has 0 fully saturated rings. The van der Waals surface area contributed by atoms with Gasteiger partial charge in [0.2, 0.25) is 0 Å². The van der Waals surface area contributed by atoms with Crippen molar-refractivity contribution in [3.8, 4) is 0 Å². The summed E-state index contributed by atoms with van der Waals surface area (Å²) in [5.41, 5.74) is 4.76. The van der Waals surface area contributed by atoms with Gasteiger partial charge < -0.3 is 5.32 Å². The molecule has 0 bridgehead atoms. The molecule has 1 aliphatic rings. The van der Waals surface area contributed by atoms with Crippen LogP contribution < -0.4 is 5.32 Å². The highest BCUT2D eigenvalue weighted by molar-refractivity contribution is 6.00. The van der Waals surface area contributed by atoms with Crippen LogP contribution in [0, 0.1) is 13.8 Å². The van der Waals surface area contributed by atoms with Crippen molar-refractivity contribution in [2.75, 3.05) is 0 Å². The largest absolute Gasteiger partial charge is 0.345 e. The number of carbonyl (C=O) groups excluding carboxylic acids is 2. The van der Waals surface area contributed by atoms with Crippen LogP contribution in [0.15, 0.2) is 30.3 Å². The summed E-state index contributed by atoms with van der Waals surface area (Å²) >= 11 is 0. The molecule has 0 saturated heterocycles. The number of carbonyl (C=O) groups is 2. The summed E-state index contributed by atoms with van der Waals surface area (Å²) in [5.74, 6) is -0.253. The zero-order valence-electron chi connectivity index (χ0n) is 15.4. The van der Waals surface area contributed by atoms with E-state index in [9.17, 15) is 9.59 Å². The van der Waals surface area contributed by atoms with Crippen LogP contribution in [0.1, 0.15) is 76.5 Å². The van der Waals surface area contributed by atoms with E-state index in [1.807, 2.05) is 12.1 Å². The van der Waals surface area contributed by atoms with Crippen molar-refractivity contribution in [3.05, 3.63) is 64.0 Å². The molecule has 0 saturated carbocycles. The van der Waals surface area contributed by atoms with Crippen LogP contribution in [-0.2, 0) is 5.41 Å². The van der Waals surface area contributed by atoms with Crippen molar-refractivity contribution >= 4 is 11.7 Å². The van der Waals surface area contributed by atoms with E-state index in [2.05, 4.69) is 36.3 Å². The first-order valence-corrected chi connectivity index (χ1v) is 8.60. The van der Waals surface area contributed by atoms with Crippen LogP contribution >= 0.6 is 0 Å². The smallest absolute Gasteiger partial charge is 0.253 e. The van der Waals surface area contributed by atoms with E-state index < -0.39 is 0 Å². The molecule has 1 heterocycles. The minimum atomic E-state index is -0.176. The molecule has 130 valence electrons. The number of ketones is 1. The number of benzene rings is 1. The van der Waals surface area contributed by atoms with Gasteiger partial charge in [0.05, 0.1) is 17.3 Å². The molecular weight excluding hydrogens is 312 g/mol. The van der Waals surface area contributed by atoms with E-state index in [1.54, 1.807) is 19.9 Å². The molecule has 0 radical (unpaired) electrons. The molecule has 0 spiro atoms. The third-order valence-electron chi connectivity index (χ3n) is 5.11. The normalized spacial score (nSPS) is 17.9. The highest BCUT2D eigenvalue weighted by Gasteiger charge is 2.37. The van der Waals surface area contributed by atoms with Gasteiger partial charge >= 0.3 is 0 Å². The summed E-state index contributed by atoms with van der Waals surface area (Å²) in [6, 6.07) is 9.90. The van der Waals surface area contributed by atoms with E-state index in [0.717, 1.165) is 6.42 Å². The Morgan fingerprint density at radius 2 is 1.76 bits per heavy atom. The maximum Gasteiger partial charge on any atom is 0.253 e. The monoisotopic (exact) mass is 336 g/mol. The van der Waals surface area contributed by atoms with Crippen LogP contribution in [0.3, 0.4) is 0 Å². The zero-order valence-corrected chi connectivity index (χ0v) is 15.4. The number of pyridine rings is 1. The molecular formula is C21H24N2O2. The van der Waals surface area contributed by atoms with Crippen molar-refractivity contribution in [2.45, 2.75) is 52.5 Å². The van der Waals surface area contributed by atoms with E-state index >= 15 is 0 Å². The summed E-state index contributed by atoms with van der Waals surface area (Å²) in [6.45, 7) is 9.49. The van der Waals surface area contributed by atoms with Crippen molar-refractivity contribution < 1.29 is 9.59 Å². The van der Waals surface area contributed by atoms with Crippen LogP contribution in [-0.4, -0.2) is 16.7 Å². The third kappa shape index (κ3) is 3.09. The van der Waals surface area contributed by atoms with Crippen molar-refractivity contribution in [1.82, 2.24) is 10.3 Å². The molecule has 1 aromatic carbocycles. The van der Waals surface area contributed by atoms with Gasteiger partial charge in [-0.25, -0.2) is 0 Å². The zero-order chi connectivity index (χ0) is 18.4. The fourth-order valence-corrected chi connectivity index (χ4v) is 3.82. The Morgan fingerprint density at radius 3 is 2.44 bits per heavy atom. The lowest BCUT2D eigenvalue weighted by atomic mass is 9.86. The molecule has 1 unspecified atom stereocenters. The molecule has 1 atom stereocenters. The first-order chi connectivity index (χ1) is 11.7. The Balaban J connectivity index is 1.92. The Morgan fingerprint density at radius 1 is 1.12 bits per heavy atom. The first-order valence-electron chi connectivity index (χ1n) is 8.60. The molecule has 3 rings (SSSR count). The molecule has 25 heavy (non-hydrogen) atoms. The van der Waals surface area contributed by atoms with Crippen LogP contribution in [0.2, 0.25) is 0 Å². The highest BCUT2D eigenvalue weighted by Crippen LogP contribution is 2.44. The minimum Gasteiger partial charge on any atom is -0.345 e. The SMILES string of the molecule is CC(=O)c1cc(C(=O)NC2CC(C)(C)c3ccccc32)c(C)nc1C. The number of nitrogens with zero attached hydrogens (tertiary/aromatic N) is 1. The van der Waals surface area contributed by atoms with Crippen molar-refractivity contribution in [1.29, 1.82) is 0 Å². The lowest BCUT2D eigenvalue weighted by Crippen LogP contribution is -2.29. The maximum absolute atomic E-state index is 12.9. The van der Waals surface area contributed by atoms with Gasteiger partial charge in [-0.05, 0) is 49.8 Å². The van der Waals surface area contributed by atoms with Gasteiger partial charge in [0.15, 0.2) is 5.78 Å². The second-order valence-electron chi connectivity index (χ2n) is 7.51. The van der Waals surface area contributed by atoms with Gasteiger partial charge in [-0.15, -0.1) is 0 Å². The summed E-state index contributed by atoms with van der Waals surface area (Å²) < 4.78 is 0. The standard InChI is InChI=1S/C21H24N2O2/c1-12-16(14(3)24)10-17(13(2)22-12)20(25)23-19-11-21(4,5)18-9-7-6-8-15(18)19/h6-10,19H,11H2,1-5H3,(H,23,25). The number of amides is 1. The van der Waals surface area contributed by atoms with Crippen LogP contribution in [0.4, 0.5) is 0 Å². The van der Waals surface area contributed by atoms with Gasteiger partial charge in [0, 0.05) is 11.3 Å². The second-order valence-corrected chi connectivity index (χ2v) is 7.51. The molecule has 4 heteroatoms. The fourth-order valence-electron chi connectivity index (χ4n) is 3.82. The highest BCUT2D eigenvalue weighted by atomic mass is 16.1. The van der Waals surface area contributed by atoms with Crippen LogP contribution in [0.5, 0.6) is 0 Å². The Labute approximate surface area is 148 Å². The Bertz CT molecular complexity index is 868. The van der Waals surface area contributed by atoms with E-state index in [4.69, 9.17) is 0 Å². The lowest BCUT2D eigenvalue weighted by Gasteiger charge is -2.20. The molecule has 1 aliphatic carbocycles. The van der Waals surface area contributed by atoms with E-state index in [0.29, 0.717) is 22.5 Å². The Hall–Kier alpha value is -2.49. The van der Waals surface area contributed by atoms with Gasteiger partial charge in [-0.2, -0.15) is 0 Å². The van der Waals surface area contributed by atoms with Crippen molar-refractivity contribution in [2.24, 2.45) is 0 Å². The van der Waals surface area contributed by atoms with E-state index in [1.165, 1.54) is 18.1 Å². The number of aryl methyl sites for hydroxylation is 2. The topological polar surface area (TPSA) is 59.1 Å². The molecule has 1 aromatic heterocycles. The molecule has 0 aliphatic heterocycles. The van der Waals surface area contributed by atoms with Crippen LogP contribution in [0.25, 0.3) is 0 Å². The summed E-state index contributed by atoms with van der Waals surface area (Å²) in [6.07, 6.45) is 0.857. The molecule has 1 N–H and O–H groups in total. The van der Waals surface area contributed by atoms with Gasteiger partial charge in [-0.1, -0.05) is 38.1 Å². The van der Waals surface area contributed by atoms with Gasteiger partial charge in [0.1, 0.15) is 0 Å². The number of fused-ring (bicyclic) bond motifs is 1. The quantitative estimate of drug-likeness (QED) is 0.860. The number of hydrogen-bond donors (Lipinski definition) is 1. The molecule has 1 amide bonds. The van der Waals surface area contributed by atoms with Gasteiger partial charge in [0.25, 0.3) is 5.91 Å². The second kappa shape index (κ2) is 6.10. The van der Waals surface area contributed by atoms with Gasteiger partial charge in [-0.3, -0.25) is 14.6 Å². The summed E-state index contributed by atoms with van der Waals surface area (Å²) in [5, 5.41) is 3.14. The fraction of sp³-hybridized carbons (Fsp3) is 0.381. The third-order valence-corrected chi connectivity index (χ3v) is 5.11. The van der Waals surface area contributed by atoms with E-state index in [-0.39, 0.29) is 23.1 Å². The number of aromatic nitrogens is 1. The maximum atomic E-state index is 12.9. The van der Waals surface area contributed by atoms with Crippen molar-refractivity contribution in [3.63, 3.8) is 0 Å². The molecule has 2 aromatic rings. The summed E-state index contributed by atoms with van der Waals surface area (Å²) in [7, 11) is 0. The number of rotatable bonds is 3. The molecule has 4 nitrogen and oxygen atoms in total. The predicted molar refractivity (Wildman–Crippen MR) is 98.0 cm³/mol. The first kappa shape index (κ1) is 17.3. The predicted octanol–water partition coefficient (Wildman–Crippen LogP) is 4.05. The lowest BCUT2D eigenvalue weighted by molar-refractivity contribution is 0.0933. The number of Topliss-reactive ketones (excluding diaryl/α,β-unsaturated/α-hetero) is 1. The average Bonchev–Trinajstić information content (AvgIpc) is 2.78. The summed E-state index contributed by atoms with van der Waals surface area (Å²) in [4.78, 5) is 29.0.